The molecule has 1 amide bonds. The number of aryl methyl sites for hydroxylation is 1. The van der Waals surface area contributed by atoms with Crippen molar-refractivity contribution in [3.05, 3.63) is 96.6 Å². The van der Waals surface area contributed by atoms with Gasteiger partial charge in [0.1, 0.15) is 12.1 Å². The van der Waals surface area contributed by atoms with Crippen molar-refractivity contribution in [1.82, 2.24) is 19.7 Å². The molecule has 0 atom stereocenters. The van der Waals surface area contributed by atoms with Gasteiger partial charge < -0.3 is 10.6 Å². The third-order valence-electron chi connectivity index (χ3n) is 4.42. The first-order valence-corrected chi connectivity index (χ1v) is 9.41. The highest BCUT2D eigenvalue weighted by Crippen LogP contribution is 2.18. The molecule has 2 N–H and O–H groups in total. The van der Waals surface area contributed by atoms with E-state index < -0.39 is 0 Å². The second-order valence-electron chi connectivity index (χ2n) is 6.59. The zero-order valence-electron chi connectivity index (χ0n) is 16.4. The highest BCUT2D eigenvalue weighted by Gasteiger charge is 2.03. The van der Waals surface area contributed by atoms with E-state index in [4.69, 9.17) is 0 Å². The predicted octanol–water partition coefficient (Wildman–Crippen LogP) is 4.37. The number of nitrogens with zero attached hydrogens (tertiary/aromatic N) is 4. The first-order valence-electron chi connectivity index (χ1n) is 9.41. The van der Waals surface area contributed by atoms with Crippen molar-refractivity contribution in [3.63, 3.8) is 0 Å². The molecule has 0 aliphatic carbocycles. The summed E-state index contributed by atoms with van der Waals surface area (Å²) in [6.45, 7) is 2.01. The van der Waals surface area contributed by atoms with Gasteiger partial charge in [0, 0.05) is 35.9 Å². The van der Waals surface area contributed by atoms with Crippen LogP contribution in [0.4, 0.5) is 17.2 Å². The minimum absolute atomic E-state index is 0.182. The van der Waals surface area contributed by atoms with Crippen molar-refractivity contribution in [2.24, 2.45) is 0 Å². The summed E-state index contributed by atoms with van der Waals surface area (Å²) in [5, 5.41) is 10.2. The maximum atomic E-state index is 12.2. The number of rotatable bonds is 6. The van der Waals surface area contributed by atoms with Gasteiger partial charge >= 0.3 is 0 Å². The Kier molecular flexibility index (Phi) is 5.61. The van der Waals surface area contributed by atoms with Gasteiger partial charge in [-0.15, -0.1) is 0 Å². The molecule has 0 fully saturated rings. The van der Waals surface area contributed by atoms with E-state index in [0.717, 1.165) is 16.8 Å². The summed E-state index contributed by atoms with van der Waals surface area (Å²) in [6, 6.07) is 19.0. The molecule has 7 nitrogen and oxygen atoms in total. The fraction of sp³-hybridized carbons (Fsp3) is 0.0435. The van der Waals surface area contributed by atoms with Crippen LogP contribution in [-0.2, 0) is 4.79 Å². The molecule has 0 saturated carbocycles. The molecule has 30 heavy (non-hydrogen) atoms. The smallest absolute Gasteiger partial charge is 0.248 e. The summed E-state index contributed by atoms with van der Waals surface area (Å²) in [5.41, 5.74) is 3.69. The van der Waals surface area contributed by atoms with E-state index >= 15 is 0 Å². The quantitative estimate of drug-likeness (QED) is 0.473. The lowest BCUT2D eigenvalue weighted by Crippen LogP contribution is -2.07. The lowest BCUT2D eigenvalue weighted by Gasteiger charge is -2.08. The molecule has 2 aromatic heterocycles. The van der Waals surface area contributed by atoms with Crippen LogP contribution >= 0.6 is 0 Å². The van der Waals surface area contributed by atoms with Crippen LogP contribution in [0.2, 0.25) is 0 Å². The van der Waals surface area contributed by atoms with E-state index in [1.165, 1.54) is 12.4 Å². The molecule has 0 saturated heterocycles. The van der Waals surface area contributed by atoms with E-state index in [9.17, 15) is 4.79 Å². The average Bonchev–Trinajstić information content (AvgIpc) is 3.30. The van der Waals surface area contributed by atoms with Gasteiger partial charge in [-0.05, 0) is 54.5 Å². The van der Waals surface area contributed by atoms with Crippen LogP contribution in [-0.4, -0.2) is 25.7 Å². The summed E-state index contributed by atoms with van der Waals surface area (Å²) in [7, 11) is 0. The van der Waals surface area contributed by atoms with Gasteiger partial charge in [0.15, 0.2) is 5.82 Å². The highest BCUT2D eigenvalue weighted by molar-refractivity contribution is 6.02. The Morgan fingerprint density at radius 1 is 1.00 bits per heavy atom. The second-order valence-corrected chi connectivity index (χ2v) is 6.59. The molecule has 0 spiro atoms. The average molecular weight is 396 g/mol. The number of amides is 1. The number of hydrogen-bond acceptors (Lipinski definition) is 5. The number of anilines is 3. The Bertz CT molecular complexity index is 1170. The molecule has 0 unspecified atom stereocenters. The van der Waals surface area contributed by atoms with Crippen molar-refractivity contribution < 1.29 is 4.79 Å². The summed E-state index contributed by atoms with van der Waals surface area (Å²) < 4.78 is 1.66. The zero-order chi connectivity index (χ0) is 20.8. The molecule has 4 rings (SSSR count). The van der Waals surface area contributed by atoms with Gasteiger partial charge in [0.05, 0.1) is 0 Å². The van der Waals surface area contributed by atoms with Crippen LogP contribution in [0, 0.1) is 6.92 Å². The first kappa shape index (κ1) is 19.1. The Labute approximate surface area is 174 Å². The van der Waals surface area contributed by atoms with Gasteiger partial charge in [-0.2, -0.15) is 5.10 Å². The molecule has 0 aliphatic heterocycles. The molecule has 0 bridgehead atoms. The second kappa shape index (κ2) is 8.83. The van der Waals surface area contributed by atoms with Gasteiger partial charge in [0.25, 0.3) is 0 Å². The standard InChI is InChI=1S/C23H20N6O/c1-17-5-2-3-6-18(17)7-12-23(30)28-20-10-8-19(9-11-20)27-21-15-22(25-16-24-21)29-14-4-13-26-29/h2-16H,1H3,(H,28,30)(H,24,25,27)/b12-7+. The van der Waals surface area contributed by atoms with Gasteiger partial charge in [0.2, 0.25) is 5.91 Å². The summed E-state index contributed by atoms with van der Waals surface area (Å²) >= 11 is 0. The van der Waals surface area contributed by atoms with Gasteiger partial charge in [-0.25, -0.2) is 14.6 Å². The van der Waals surface area contributed by atoms with Crippen LogP contribution in [0.5, 0.6) is 0 Å². The third-order valence-corrected chi connectivity index (χ3v) is 4.42. The molecule has 0 radical (unpaired) electrons. The number of hydrogen-bond donors (Lipinski definition) is 2. The van der Waals surface area contributed by atoms with Crippen molar-refractivity contribution >= 4 is 29.2 Å². The number of carbonyl (C=O) groups excluding carboxylic acids is 1. The first-order chi connectivity index (χ1) is 14.7. The highest BCUT2D eigenvalue weighted by atomic mass is 16.1. The zero-order valence-corrected chi connectivity index (χ0v) is 16.4. The Morgan fingerprint density at radius 2 is 1.80 bits per heavy atom. The van der Waals surface area contributed by atoms with Crippen molar-refractivity contribution in [2.75, 3.05) is 10.6 Å². The van der Waals surface area contributed by atoms with Gasteiger partial charge in [-0.3, -0.25) is 4.79 Å². The van der Waals surface area contributed by atoms with Crippen LogP contribution in [0.3, 0.4) is 0 Å². The third kappa shape index (κ3) is 4.77. The van der Waals surface area contributed by atoms with Crippen LogP contribution in [0.15, 0.2) is 85.5 Å². The van der Waals surface area contributed by atoms with E-state index in [0.29, 0.717) is 17.3 Å². The molecule has 2 aromatic carbocycles. The Balaban J connectivity index is 1.38. The molecular weight excluding hydrogens is 376 g/mol. The van der Waals surface area contributed by atoms with Crippen LogP contribution < -0.4 is 10.6 Å². The van der Waals surface area contributed by atoms with E-state index in [1.807, 2.05) is 73.8 Å². The molecule has 148 valence electrons. The van der Waals surface area contributed by atoms with E-state index in [-0.39, 0.29) is 5.91 Å². The number of aromatic nitrogens is 4. The molecule has 7 heteroatoms. The monoisotopic (exact) mass is 396 g/mol. The van der Waals surface area contributed by atoms with Crippen LogP contribution in [0.25, 0.3) is 11.9 Å². The summed E-state index contributed by atoms with van der Waals surface area (Å²) in [4.78, 5) is 20.6. The minimum Gasteiger partial charge on any atom is -0.340 e. The summed E-state index contributed by atoms with van der Waals surface area (Å²) in [6.07, 6.45) is 8.34. The molecule has 4 aromatic rings. The van der Waals surface area contributed by atoms with Gasteiger partial charge in [-0.1, -0.05) is 24.3 Å². The topological polar surface area (TPSA) is 84.7 Å². The molecule has 0 aliphatic rings. The lowest BCUT2D eigenvalue weighted by molar-refractivity contribution is -0.111. The van der Waals surface area contributed by atoms with Crippen molar-refractivity contribution in [1.29, 1.82) is 0 Å². The maximum Gasteiger partial charge on any atom is 0.248 e. The predicted molar refractivity (Wildman–Crippen MR) is 118 cm³/mol. The minimum atomic E-state index is -0.182. The molecular formula is C23H20N6O. The normalized spacial score (nSPS) is 10.8. The Morgan fingerprint density at radius 3 is 2.57 bits per heavy atom. The summed E-state index contributed by atoms with van der Waals surface area (Å²) in [5.74, 6) is 1.13. The SMILES string of the molecule is Cc1ccccc1/C=C/C(=O)Nc1ccc(Nc2cc(-n3cccn3)ncn2)cc1. The largest absolute Gasteiger partial charge is 0.340 e. The van der Waals surface area contributed by atoms with E-state index in [1.54, 1.807) is 16.9 Å². The number of carbonyl (C=O) groups is 1. The molecule has 2 heterocycles. The maximum absolute atomic E-state index is 12.2. The van der Waals surface area contributed by atoms with Crippen molar-refractivity contribution in [2.45, 2.75) is 6.92 Å². The fourth-order valence-corrected chi connectivity index (χ4v) is 2.85. The van der Waals surface area contributed by atoms with Crippen molar-refractivity contribution in [3.8, 4) is 5.82 Å². The fourth-order valence-electron chi connectivity index (χ4n) is 2.85. The number of benzene rings is 2. The van der Waals surface area contributed by atoms with E-state index in [2.05, 4.69) is 25.7 Å². The van der Waals surface area contributed by atoms with Crippen LogP contribution in [0.1, 0.15) is 11.1 Å². The number of nitrogens with one attached hydrogen (secondary N) is 2. The lowest BCUT2D eigenvalue weighted by atomic mass is 10.1. The Hall–Kier alpha value is -4.26.